The highest BCUT2D eigenvalue weighted by atomic mass is 16.3. The smallest absolute Gasteiger partial charge is 0.120 e. The Kier molecular flexibility index (Phi) is 3.97. The molecule has 1 rings (SSSR count). The van der Waals surface area contributed by atoms with Crippen LogP contribution < -0.4 is 5.73 Å². The Morgan fingerprint density at radius 1 is 1.47 bits per heavy atom. The van der Waals surface area contributed by atoms with Gasteiger partial charge in [0, 0.05) is 23.8 Å². The van der Waals surface area contributed by atoms with E-state index >= 15 is 0 Å². The molecular formula is C12H20N2O. The Labute approximate surface area is 91.5 Å². The highest BCUT2D eigenvalue weighted by molar-refractivity contribution is 5.47. The van der Waals surface area contributed by atoms with Crippen molar-refractivity contribution in [2.45, 2.75) is 32.9 Å². The fourth-order valence-electron chi connectivity index (χ4n) is 1.47. The summed E-state index contributed by atoms with van der Waals surface area (Å²) in [6.45, 7) is 5.05. The Morgan fingerprint density at radius 3 is 2.73 bits per heavy atom. The highest BCUT2D eigenvalue weighted by Gasteiger charge is 2.09. The van der Waals surface area contributed by atoms with E-state index in [0.29, 0.717) is 17.5 Å². The molecule has 0 bridgehead atoms. The minimum absolute atomic E-state index is 0.319. The van der Waals surface area contributed by atoms with Crippen LogP contribution in [-0.2, 0) is 6.54 Å². The molecule has 0 saturated carbocycles. The molecular weight excluding hydrogens is 188 g/mol. The summed E-state index contributed by atoms with van der Waals surface area (Å²) >= 11 is 0. The Bertz CT molecular complexity index is 325. The molecule has 3 N–H and O–H groups in total. The fourth-order valence-corrected chi connectivity index (χ4v) is 1.47. The lowest BCUT2D eigenvalue weighted by Crippen LogP contribution is -2.27. The van der Waals surface area contributed by atoms with Gasteiger partial charge < -0.3 is 10.8 Å². The van der Waals surface area contributed by atoms with Crippen molar-refractivity contribution in [2.24, 2.45) is 0 Å². The first-order valence-electron chi connectivity index (χ1n) is 5.32. The third kappa shape index (κ3) is 3.13. The van der Waals surface area contributed by atoms with Gasteiger partial charge in [0.15, 0.2) is 0 Å². The molecule has 3 heteroatoms. The van der Waals surface area contributed by atoms with E-state index in [2.05, 4.69) is 25.8 Å². The van der Waals surface area contributed by atoms with Gasteiger partial charge in [-0.05, 0) is 38.6 Å². The Morgan fingerprint density at radius 2 is 2.13 bits per heavy atom. The molecule has 0 saturated heterocycles. The number of rotatable bonds is 4. The van der Waals surface area contributed by atoms with Crippen LogP contribution in [0, 0.1) is 0 Å². The van der Waals surface area contributed by atoms with E-state index in [4.69, 9.17) is 5.73 Å². The van der Waals surface area contributed by atoms with Gasteiger partial charge in [-0.25, -0.2) is 0 Å². The van der Waals surface area contributed by atoms with Crippen LogP contribution in [-0.4, -0.2) is 23.1 Å². The number of phenolic OH excluding ortho intramolecular Hbond substituents is 1. The minimum Gasteiger partial charge on any atom is -0.508 e. The normalized spacial score (nSPS) is 13.1. The average Bonchev–Trinajstić information content (AvgIpc) is 2.22. The van der Waals surface area contributed by atoms with Crippen LogP contribution in [0.1, 0.15) is 25.8 Å². The first kappa shape index (κ1) is 11.9. The predicted molar refractivity (Wildman–Crippen MR) is 63.7 cm³/mol. The second kappa shape index (κ2) is 5.03. The number of nitrogens with two attached hydrogens (primary N) is 1. The number of nitrogen functional groups attached to an aromatic ring is 1. The van der Waals surface area contributed by atoms with Gasteiger partial charge in [0.25, 0.3) is 0 Å². The zero-order chi connectivity index (χ0) is 11.4. The molecule has 0 aliphatic carbocycles. The maximum absolute atomic E-state index is 9.66. The Hall–Kier alpha value is -1.22. The molecule has 0 heterocycles. The number of anilines is 1. The zero-order valence-corrected chi connectivity index (χ0v) is 9.70. The van der Waals surface area contributed by atoms with Crippen LogP contribution in [0.15, 0.2) is 18.2 Å². The summed E-state index contributed by atoms with van der Waals surface area (Å²) in [6, 6.07) is 5.69. The van der Waals surface area contributed by atoms with Gasteiger partial charge in [-0.15, -0.1) is 0 Å². The first-order chi connectivity index (χ1) is 7.04. The highest BCUT2D eigenvalue weighted by Crippen LogP contribution is 2.21. The van der Waals surface area contributed by atoms with Crippen LogP contribution in [0.4, 0.5) is 5.69 Å². The molecule has 1 aromatic rings. The monoisotopic (exact) mass is 208 g/mol. The molecule has 15 heavy (non-hydrogen) atoms. The SMILES string of the molecule is CCC(C)N(C)Cc1cc(N)ccc1O. The van der Waals surface area contributed by atoms with Crippen molar-refractivity contribution in [2.75, 3.05) is 12.8 Å². The summed E-state index contributed by atoms with van der Waals surface area (Å²) in [5.74, 6) is 0.319. The van der Waals surface area contributed by atoms with Crippen molar-refractivity contribution < 1.29 is 5.11 Å². The van der Waals surface area contributed by atoms with Gasteiger partial charge in [0.05, 0.1) is 0 Å². The summed E-state index contributed by atoms with van der Waals surface area (Å²) in [6.07, 6.45) is 1.10. The van der Waals surface area contributed by atoms with Crippen LogP contribution in [0.2, 0.25) is 0 Å². The van der Waals surface area contributed by atoms with Crippen LogP contribution in [0.25, 0.3) is 0 Å². The standard InChI is InChI=1S/C12H20N2O/c1-4-9(2)14(3)8-10-7-11(13)5-6-12(10)15/h5-7,9,15H,4,8,13H2,1-3H3. The van der Waals surface area contributed by atoms with Crippen molar-refractivity contribution >= 4 is 5.69 Å². The lowest BCUT2D eigenvalue weighted by molar-refractivity contribution is 0.241. The van der Waals surface area contributed by atoms with Gasteiger partial charge in [-0.2, -0.15) is 0 Å². The molecule has 0 aromatic heterocycles. The van der Waals surface area contributed by atoms with E-state index < -0.39 is 0 Å². The number of hydrogen-bond acceptors (Lipinski definition) is 3. The lowest BCUT2D eigenvalue weighted by atomic mass is 10.1. The van der Waals surface area contributed by atoms with Crippen molar-refractivity contribution in [1.82, 2.24) is 4.90 Å². The van der Waals surface area contributed by atoms with E-state index in [1.807, 2.05) is 6.07 Å². The third-order valence-corrected chi connectivity index (χ3v) is 2.87. The summed E-state index contributed by atoms with van der Waals surface area (Å²) in [4.78, 5) is 2.20. The molecule has 0 fully saturated rings. The summed E-state index contributed by atoms with van der Waals surface area (Å²) in [5.41, 5.74) is 7.26. The number of benzene rings is 1. The molecule has 1 aromatic carbocycles. The lowest BCUT2D eigenvalue weighted by Gasteiger charge is -2.23. The predicted octanol–water partition coefficient (Wildman–Crippen LogP) is 2.20. The summed E-state index contributed by atoms with van der Waals surface area (Å²) in [7, 11) is 2.05. The topological polar surface area (TPSA) is 49.5 Å². The minimum atomic E-state index is 0.319. The summed E-state index contributed by atoms with van der Waals surface area (Å²) < 4.78 is 0. The maximum Gasteiger partial charge on any atom is 0.120 e. The zero-order valence-electron chi connectivity index (χ0n) is 9.70. The van der Waals surface area contributed by atoms with Gasteiger partial charge in [-0.3, -0.25) is 4.90 Å². The average molecular weight is 208 g/mol. The molecule has 0 spiro atoms. The van der Waals surface area contributed by atoms with E-state index in [0.717, 1.165) is 18.5 Å². The van der Waals surface area contributed by atoms with E-state index in [1.165, 1.54) is 0 Å². The van der Waals surface area contributed by atoms with E-state index in [9.17, 15) is 5.11 Å². The van der Waals surface area contributed by atoms with Gasteiger partial charge in [0.1, 0.15) is 5.75 Å². The van der Waals surface area contributed by atoms with E-state index in [-0.39, 0.29) is 0 Å². The summed E-state index contributed by atoms with van der Waals surface area (Å²) in [5, 5.41) is 9.66. The largest absolute Gasteiger partial charge is 0.508 e. The third-order valence-electron chi connectivity index (χ3n) is 2.87. The number of phenols is 1. The number of nitrogens with zero attached hydrogens (tertiary/aromatic N) is 1. The van der Waals surface area contributed by atoms with Crippen molar-refractivity contribution in [3.8, 4) is 5.75 Å². The Balaban J connectivity index is 2.75. The fraction of sp³-hybridized carbons (Fsp3) is 0.500. The molecule has 0 aliphatic heterocycles. The quantitative estimate of drug-likeness (QED) is 0.589. The van der Waals surface area contributed by atoms with Gasteiger partial charge in [-0.1, -0.05) is 6.92 Å². The number of hydrogen-bond donors (Lipinski definition) is 2. The number of aromatic hydroxyl groups is 1. The second-order valence-corrected chi connectivity index (χ2v) is 4.06. The van der Waals surface area contributed by atoms with Crippen molar-refractivity contribution in [3.63, 3.8) is 0 Å². The van der Waals surface area contributed by atoms with E-state index in [1.54, 1.807) is 12.1 Å². The van der Waals surface area contributed by atoms with Gasteiger partial charge in [0.2, 0.25) is 0 Å². The molecule has 3 nitrogen and oxygen atoms in total. The second-order valence-electron chi connectivity index (χ2n) is 4.06. The molecule has 0 aliphatic rings. The molecule has 84 valence electrons. The first-order valence-corrected chi connectivity index (χ1v) is 5.32. The molecule has 0 amide bonds. The molecule has 0 radical (unpaired) electrons. The van der Waals surface area contributed by atoms with Crippen molar-refractivity contribution in [3.05, 3.63) is 23.8 Å². The molecule has 1 unspecified atom stereocenters. The molecule has 1 atom stereocenters. The van der Waals surface area contributed by atoms with Crippen LogP contribution >= 0.6 is 0 Å². The van der Waals surface area contributed by atoms with Crippen LogP contribution in [0.5, 0.6) is 5.75 Å². The van der Waals surface area contributed by atoms with Crippen molar-refractivity contribution in [1.29, 1.82) is 0 Å². The van der Waals surface area contributed by atoms with Crippen LogP contribution in [0.3, 0.4) is 0 Å². The maximum atomic E-state index is 9.66. The van der Waals surface area contributed by atoms with Gasteiger partial charge >= 0.3 is 0 Å².